The maximum absolute atomic E-state index is 12.8. The normalized spacial score (nSPS) is 15.2. The highest BCUT2D eigenvalue weighted by Gasteiger charge is 2.32. The number of carbonyl (C=O) groups excluding carboxylic acids is 2. The molecule has 0 atom stereocenters. The van der Waals surface area contributed by atoms with Crippen LogP contribution >= 0.6 is 39.9 Å². The fraction of sp³-hybridized carbons (Fsp3) is 0.0870. The number of benzene rings is 3. The maximum atomic E-state index is 12.8. The van der Waals surface area contributed by atoms with Gasteiger partial charge in [0.15, 0.2) is 0 Å². The highest BCUT2D eigenvalue weighted by atomic mass is 79.9. The summed E-state index contributed by atoms with van der Waals surface area (Å²) >= 11 is 10.1. The summed E-state index contributed by atoms with van der Waals surface area (Å²) in [5.41, 5.74) is 1.68. The molecule has 4 nitrogen and oxygen atoms in total. The van der Waals surface area contributed by atoms with Crippen LogP contribution in [0.2, 0.25) is 0 Å². The van der Waals surface area contributed by atoms with Gasteiger partial charge in [-0.05, 0) is 35.2 Å². The van der Waals surface area contributed by atoms with E-state index in [2.05, 4.69) is 21.2 Å². The van der Waals surface area contributed by atoms with Crippen LogP contribution in [0.25, 0.3) is 16.8 Å². The summed E-state index contributed by atoms with van der Waals surface area (Å²) < 4.78 is 1.41. The van der Waals surface area contributed by atoms with Crippen LogP contribution in [0.5, 0.6) is 0 Å². The molecular formula is C23H17BrN2O2S2. The summed E-state index contributed by atoms with van der Waals surface area (Å²) in [6.45, 7) is 0.247. The first kappa shape index (κ1) is 20.8. The predicted molar refractivity (Wildman–Crippen MR) is 131 cm³/mol. The molecule has 2 amide bonds. The van der Waals surface area contributed by atoms with Crippen LogP contribution < -0.4 is 5.32 Å². The molecule has 0 radical (unpaired) electrons. The Balaban J connectivity index is 1.41. The van der Waals surface area contributed by atoms with Crippen molar-refractivity contribution in [3.05, 3.63) is 81.7 Å². The Hall–Kier alpha value is -2.48. The van der Waals surface area contributed by atoms with E-state index in [9.17, 15) is 9.59 Å². The molecule has 0 unspecified atom stereocenters. The monoisotopic (exact) mass is 496 g/mol. The van der Waals surface area contributed by atoms with E-state index in [1.165, 1.54) is 16.7 Å². The average Bonchev–Trinajstić information content (AvgIpc) is 2.99. The van der Waals surface area contributed by atoms with E-state index < -0.39 is 0 Å². The number of hydrogen-bond acceptors (Lipinski definition) is 4. The van der Waals surface area contributed by atoms with Gasteiger partial charge in [0.2, 0.25) is 5.91 Å². The molecular weight excluding hydrogens is 480 g/mol. The van der Waals surface area contributed by atoms with Crippen molar-refractivity contribution in [1.29, 1.82) is 0 Å². The first-order valence-electron chi connectivity index (χ1n) is 9.30. The van der Waals surface area contributed by atoms with Crippen molar-refractivity contribution in [3.63, 3.8) is 0 Å². The molecule has 0 aromatic heterocycles. The van der Waals surface area contributed by atoms with Crippen LogP contribution in [0.15, 0.2) is 76.1 Å². The third-order valence-electron chi connectivity index (χ3n) is 4.65. The molecule has 0 bridgehead atoms. The molecule has 1 aliphatic rings. The second-order valence-electron chi connectivity index (χ2n) is 6.71. The van der Waals surface area contributed by atoms with Crippen LogP contribution in [0, 0.1) is 0 Å². The number of nitrogens with zero attached hydrogens (tertiary/aromatic N) is 1. The molecule has 1 heterocycles. The Morgan fingerprint density at radius 3 is 2.70 bits per heavy atom. The third-order valence-corrected chi connectivity index (χ3v) is 6.52. The molecule has 150 valence electrons. The largest absolute Gasteiger partial charge is 0.325 e. The summed E-state index contributed by atoms with van der Waals surface area (Å²) in [5.74, 6) is -0.320. The van der Waals surface area contributed by atoms with Gasteiger partial charge in [-0.3, -0.25) is 14.5 Å². The first-order chi connectivity index (χ1) is 14.5. The van der Waals surface area contributed by atoms with Gasteiger partial charge in [-0.2, -0.15) is 0 Å². The molecule has 30 heavy (non-hydrogen) atoms. The van der Waals surface area contributed by atoms with E-state index in [4.69, 9.17) is 12.2 Å². The lowest BCUT2D eigenvalue weighted by molar-refractivity contribution is -0.122. The topological polar surface area (TPSA) is 49.4 Å². The number of anilines is 1. The van der Waals surface area contributed by atoms with Gasteiger partial charge in [-0.25, -0.2) is 0 Å². The molecule has 0 saturated carbocycles. The number of hydrogen-bond donors (Lipinski definition) is 1. The van der Waals surface area contributed by atoms with Gasteiger partial charge >= 0.3 is 0 Å². The zero-order valence-corrected chi connectivity index (χ0v) is 19.0. The standard InChI is InChI=1S/C23H17BrN2O2S2/c24-17-8-3-5-15(13-17)14-20-22(28)26(23(29)30-20)12-11-21(27)25-19-10-4-7-16-6-1-2-9-18(16)19/h1-10,13-14H,11-12H2,(H,25,27). The molecule has 4 rings (SSSR count). The van der Waals surface area contributed by atoms with Crippen LogP contribution in [-0.4, -0.2) is 27.6 Å². The summed E-state index contributed by atoms with van der Waals surface area (Å²) in [6, 6.07) is 21.4. The Bertz CT molecular complexity index is 1190. The number of carbonyl (C=O) groups is 2. The minimum Gasteiger partial charge on any atom is -0.325 e. The number of nitrogens with one attached hydrogen (secondary N) is 1. The Morgan fingerprint density at radius 1 is 1.10 bits per heavy atom. The lowest BCUT2D eigenvalue weighted by Crippen LogP contribution is -2.31. The fourth-order valence-corrected chi connectivity index (χ4v) is 4.93. The zero-order valence-electron chi connectivity index (χ0n) is 15.8. The van der Waals surface area contributed by atoms with E-state index >= 15 is 0 Å². The van der Waals surface area contributed by atoms with Gasteiger partial charge in [0, 0.05) is 28.5 Å². The molecule has 0 aliphatic carbocycles. The van der Waals surface area contributed by atoms with E-state index in [0.717, 1.165) is 26.5 Å². The number of amides is 2. The van der Waals surface area contributed by atoms with Crippen molar-refractivity contribution in [1.82, 2.24) is 4.90 Å². The van der Waals surface area contributed by atoms with Crippen LogP contribution in [0.1, 0.15) is 12.0 Å². The molecule has 1 fully saturated rings. The average molecular weight is 497 g/mol. The van der Waals surface area contributed by atoms with Crippen molar-refractivity contribution >= 4 is 78.6 Å². The summed E-state index contributed by atoms with van der Waals surface area (Å²) in [6.07, 6.45) is 1.99. The van der Waals surface area contributed by atoms with Crippen molar-refractivity contribution in [2.45, 2.75) is 6.42 Å². The van der Waals surface area contributed by atoms with Gasteiger partial charge in [-0.15, -0.1) is 0 Å². The molecule has 7 heteroatoms. The van der Waals surface area contributed by atoms with Gasteiger partial charge in [0.1, 0.15) is 4.32 Å². The molecule has 3 aromatic rings. The molecule has 1 aliphatic heterocycles. The van der Waals surface area contributed by atoms with E-state index in [-0.39, 0.29) is 24.8 Å². The van der Waals surface area contributed by atoms with Gasteiger partial charge in [-0.1, -0.05) is 88.4 Å². The number of halogens is 1. The van der Waals surface area contributed by atoms with E-state index in [1.54, 1.807) is 0 Å². The van der Waals surface area contributed by atoms with Crippen LogP contribution in [0.3, 0.4) is 0 Å². The molecule has 3 aromatic carbocycles. The smallest absolute Gasteiger partial charge is 0.266 e. The highest BCUT2D eigenvalue weighted by molar-refractivity contribution is 9.10. The Labute approximate surface area is 192 Å². The number of rotatable bonds is 5. The fourth-order valence-electron chi connectivity index (χ4n) is 3.20. The van der Waals surface area contributed by atoms with Gasteiger partial charge in [0.05, 0.1) is 4.91 Å². The van der Waals surface area contributed by atoms with E-state index in [1.807, 2.05) is 72.8 Å². The quantitative estimate of drug-likeness (QED) is 0.356. The van der Waals surface area contributed by atoms with Gasteiger partial charge < -0.3 is 5.32 Å². The first-order valence-corrected chi connectivity index (χ1v) is 11.3. The second-order valence-corrected chi connectivity index (χ2v) is 9.30. The summed E-state index contributed by atoms with van der Waals surface area (Å²) in [7, 11) is 0. The van der Waals surface area contributed by atoms with Crippen molar-refractivity contribution in [2.24, 2.45) is 0 Å². The van der Waals surface area contributed by atoms with Crippen molar-refractivity contribution in [3.8, 4) is 0 Å². The zero-order chi connectivity index (χ0) is 21.1. The molecule has 0 spiro atoms. The summed E-state index contributed by atoms with van der Waals surface area (Å²) in [5, 5.41) is 4.99. The highest BCUT2D eigenvalue weighted by Crippen LogP contribution is 2.33. The second kappa shape index (κ2) is 9.12. The van der Waals surface area contributed by atoms with Crippen molar-refractivity contribution in [2.75, 3.05) is 11.9 Å². The third kappa shape index (κ3) is 4.64. The summed E-state index contributed by atoms with van der Waals surface area (Å²) in [4.78, 5) is 27.3. The lowest BCUT2D eigenvalue weighted by Gasteiger charge is -2.14. The van der Waals surface area contributed by atoms with Crippen LogP contribution in [-0.2, 0) is 9.59 Å². The minimum atomic E-state index is -0.164. The van der Waals surface area contributed by atoms with Crippen LogP contribution in [0.4, 0.5) is 5.69 Å². The maximum Gasteiger partial charge on any atom is 0.266 e. The Kier molecular flexibility index (Phi) is 6.32. The Morgan fingerprint density at radius 2 is 1.87 bits per heavy atom. The number of thiocarbonyl (C=S) groups is 1. The number of fused-ring (bicyclic) bond motifs is 1. The number of thioether (sulfide) groups is 1. The predicted octanol–water partition coefficient (Wildman–Crippen LogP) is 5.83. The molecule has 1 N–H and O–H groups in total. The van der Waals surface area contributed by atoms with Crippen molar-refractivity contribution < 1.29 is 9.59 Å². The SMILES string of the molecule is O=C(CCN1C(=O)C(=Cc2cccc(Br)c2)SC1=S)Nc1cccc2ccccc12. The van der Waals surface area contributed by atoms with Gasteiger partial charge in [0.25, 0.3) is 5.91 Å². The van der Waals surface area contributed by atoms with E-state index in [0.29, 0.717) is 9.23 Å². The lowest BCUT2D eigenvalue weighted by atomic mass is 10.1. The molecule has 1 saturated heterocycles. The minimum absolute atomic E-state index is 0.156.